The Morgan fingerprint density at radius 3 is 2.32 bits per heavy atom. The van der Waals surface area contributed by atoms with Crippen molar-refractivity contribution in [2.75, 3.05) is 19.6 Å². The first-order chi connectivity index (χ1) is 13.5. The van der Waals surface area contributed by atoms with Gasteiger partial charge in [-0.05, 0) is 63.5 Å². The second-order valence-electron chi connectivity index (χ2n) is 7.84. The Hall–Kier alpha value is -1.88. The molecule has 2 rings (SSSR count). The van der Waals surface area contributed by atoms with Crippen LogP contribution in [0.2, 0.25) is 0 Å². The summed E-state index contributed by atoms with van der Waals surface area (Å²) in [6, 6.07) is 5.32. The first kappa shape index (κ1) is 22.4. The van der Waals surface area contributed by atoms with Crippen LogP contribution in [0.15, 0.2) is 18.2 Å². The molecule has 0 saturated heterocycles. The van der Waals surface area contributed by atoms with E-state index in [1.54, 1.807) is 12.1 Å². The van der Waals surface area contributed by atoms with Crippen molar-refractivity contribution in [1.29, 1.82) is 0 Å². The fourth-order valence-electron chi connectivity index (χ4n) is 3.63. The third kappa shape index (κ3) is 5.81. The number of hydrogen-bond donors (Lipinski definition) is 1. The van der Waals surface area contributed by atoms with Crippen LogP contribution in [0.5, 0.6) is 0 Å². The molecule has 0 radical (unpaired) electrons. The average Bonchev–Trinajstić information content (AvgIpc) is 3.06. The Kier molecular flexibility index (Phi) is 8.97. The summed E-state index contributed by atoms with van der Waals surface area (Å²) in [7, 11) is 0. The molecule has 5 heteroatoms. The van der Waals surface area contributed by atoms with Gasteiger partial charge in [0.1, 0.15) is 5.82 Å². The Morgan fingerprint density at radius 2 is 1.75 bits per heavy atom. The summed E-state index contributed by atoms with van der Waals surface area (Å²) in [5.41, 5.74) is 2.15. The lowest BCUT2D eigenvalue weighted by atomic mass is 10.1. The number of nitrogens with zero attached hydrogens (tertiary/aromatic N) is 3. The van der Waals surface area contributed by atoms with Crippen LogP contribution >= 0.6 is 0 Å². The predicted molar refractivity (Wildman–Crippen MR) is 116 cm³/mol. The highest BCUT2D eigenvalue weighted by Gasteiger charge is 2.17. The van der Waals surface area contributed by atoms with Crippen LogP contribution in [0.4, 0.5) is 0 Å². The van der Waals surface area contributed by atoms with Gasteiger partial charge in [-0.15, -0.1) is 0 Å². The number of carboxylic acid groups (broad SMARTS) is 1. The van der Waals surface area contributed by atoms with Crippen molar-refractivity contribution in [2.24, 2.45) is 0 Å². The molecule has 1 aromatic heterocycles. The monoisotopic (exact) mass is 387 g/mol. The van der Waals surface area contributed by atoms with Gasteiger partial charge in [0, 0.05) is 12.5 Å². The minimum atomic E-state index is -0.899. The molecule has 0 aliphatic heterocycles. The van der Waals surface area contributed by atoms with Gasteiger partial charge in [-0.3, -0.25) is 0 Å². The van der Waals surface area contributed by atoms with E-state index >= 15 is 0 Å². The molecular formula is C23H37N3O2. The fourth-order valence-corrected chi connectivity index (χ4v) is 3.63. The zero-order chi connectivity index (χ0) is 20.5. The Labute approximate surface area is 169 Å². The van der Waals surface area contributed by atoms with E-state index < -0.39 is 5.97 Å². The maximum atomic E-state index is 11.3. The first-order valence-electron chi connectivity index (χ1n) is 11.0. The van der Waals surface area contributed by atoms with Gasteiger partial charge < -0.3 is 14.6 Å². The maximum Gasteiger partial charge on any atom is 0.335 e. The van der Waals surface area contributed by atoms with Gasteiger partial charge in [0.2, 0.25) is 0 Å². The average molecular weight is 388 g/mol. The van der Waals surface area contributed by atoms with Crippen LogP contribution in [0.25, 0.3) is 11.0 Å². The summed E-state index contributed by atoms with van der Waals surface area (Å²) < 4.78 is 2.31. The van der Waals surface area contributed by atoms with E-state index in [1.807, 2.05) is 6.07 Å². The molecule has 0 amide bonds. The number of hydrogen-bond acceptors (Lipinski definition) is 3. The van der Waals surface area contributed by atoms with Crippen molar-refractivity contribution >= 4 is 17.0 Å². The molecule has 156 valence electrons. The highest BCUT2D eigenvalue weighted by molar-refractivity contribution is 5.92. The van der Waals surface area contributed by atoms with E-state index in [1.165, 1.54) is 38.8 Å². The summed E-state index contributed by atoms with van der Waals surface area (Å²) in [4.78, 5) is 18.7. The molecule has 0 spiro atoms. The van der Waals surface area contributed by atoms with Gasteiger partial charge in [-0.2, -0.15) is 0 Å². The van der Waals surface area contributed by atoms with Crippen LogP contribution in [0, 0.1) is 0 Å². The molecule has 0 aliphatic rings. The number of fused-ring (bicyclic) bond motifs is 1. The molecule has 28 heavy (non-hydrogen) atoms. The van der Waals surface area contributed by atoms with Crippen molar-refractivity contribution in [2.45, 2.75) is 78.7 Å². The summed E-state index contributed by atoms with van der Waals surface area (Å²) in [5, 5.41) is 9.28. The molecule has 0 saturated carbocycles. The predicted octanol–water partition coefficient (Wildman–Crippen LogP) is 5.54. The molecule has 0 fully saturated rings. The number of aryl methyl sites for hydroxylation is 1. The highest BCUT2D eigenvalue weighted by atomic mass is 16.4. The third-order valence-electron chi connectivity index (χ3n) is 5.59. The van der Waals surface area contributed by atoms with Crippen LogP contribution < -0.4 is 0 Å². The minimum Gasteiger partial charge on any atom is -0.478 e. The molecular weight excluding hydrogens is 350 g/mol. The maximum absolute atomic E-state index is 11.3. The second-order valence-corrected chi connectivity index (χ2v) is 7.84. The number of imidazole rings is 1. The molecule has 0 bridgehead atoms. The number of unbranched alkanes of at least 4 members (excludes halogenated alkanes) is 2. The minimum absolute atomic E-state index is 0.304. The largest absolute Gasteiger partial charge is 0.478 e. The van der Waals surface area contributed by atoms with Gasteiger partial charge in [0.05, 0.1) is 16.6 Å². The molecule has 5 nitrogen and oxygen atoms in total. The Balaban J connectivity index is 2.17. The lowest BCUT2D eigenvalue weighted by molar-refractivity contribution is 0.0697. The van der Waals surface area contributed by atoms with Gasteiger partial charge >= 0.3 is 5.97 Å². The van der Waals surface area contributed by atoms with Gasteiger partial charge in [-0.25, -0.2) is 9.78 Å². The van der Waals surface area contributed by atoms with E-state index in [0.29, 0.717) is 11.5 Å². The van der Waals surface area contributed by atoms with E-state index in [2.05, 4.69) is 37.2 Å². The molecule has 0 aliphatic carbocycles. The fraction of sp³-hybridized carbons (Fsp3) is 0.652. The van der Waals surface area contributed by atoms with Crippen LogP contribution in [-0.4, -0.2) is 45.2 Å². The standard InChI is InChI=1S/C23H37N3O2/c1-5-8-13-25(14-9-6-2)15-10-16-26-21-12-11-19(23(27)28)17-20(21)24-22(26)18(4)7-3/h11-12,17-18H,5-10,13-16H2,1-4H3,(H,27,28). The van der Waals surface area contributed by atoms with Crippen molar-refractivity contribution in [3.63, 3.8) is 0 Å². The lowest BCUT2D eigenvalue weighted by Gasteiger charge is -2.22. The number of carbonyl (C=O) groups is 1. The quantitative estimate of drug-likeness (QED) is 0.490. The SMILES string of the molecule is CCCCN(CCCC)CCCn1c(C(C)CC)nc2cc(C(=O)O)ccc21. The summed E-state index contributed by atoms with van der Waals surface area (Å²) in [6.45, 7) is 13.3. The Morgan fingerprint density at radius 1 is 1.11 bits per heavy atom. The van der Waals surface area contributed by atoms with E-state index in [9.17, 15) is 9.90 Å². The van der Waals surface area contributed by atoms with Crippen LogP contribution in [0.1, 0.15) is 88.3 Å². The summed E-state index contributed by atoms with van der Waals surface area (Å²) in [5.74, 6) is 0.537. The van der Waals surface area contributed by atoms with Crippen LogP contribution in [-0.2, 0) is 6.54 Å². The zero-order valence-electron chi connectivity index (χ0n) is 18.1. The number of aromatic nitrogens is 2. The van der Waals surface area contributed by atoms with Crippen molar-refractivity contribution in [1.82, 2.24) is 14.5 Å². The molecule has 2 aromatic rings. The number of aromatic carboxylic acids is 1. The molecule has 1 atom stereocenters. The van der Waals surface area contributed by atoms with Crippen molar-refractivity contribution in [3.8, 4) is 0 Å². The molecule has 1 heterocycles. The molecule has 1 unspecified atom stereocenters. The highest BCUT2D eigenvalue weighted by Crippen LogP contribution is 2.25. The molecule has 1 aromatic carbocycles. The second kappa shape index (κ2) is 11.2. The number of benzene rings is 1. The van der Waals surface area contributed by atoms with Gasteiger partial charge in [-0.1, -0.05) is 40.5 Å². The lowest BCUT2D eigenvalue weighted by Crippen LogP contribution is -2.28. The van der Waals surface area contributed by atoms with Crippen molar-refractivity contribution in [3.05, 3.63) is 29.6 Å². The molecule has 1 N–H and O–H groups in total. The normalized spacial score (nSPS) is 12.8. The third-order valence-corrected chi connectivity index (χ3v) is 5.59. The van der Waals surface area contributed by atoms with Gasteiger partial charge in [0.15, 0.2) is 0 Å². The summed E-state index contributed by atoms with van der Waals surface area (Å²) in [6.07, 6.45) is 7.09. The smallest absolute Gasteiger partial charge is 0.335 e. The number of carboxylic acids is 1. The first-order valence-corrected chi connectivity index (χ1v) is 11.0. The van der Waals surface area contributed by atoms with E-state index in [0.717, 1.165) is 42.8 Å². The number of rotatable bonds is 13. The van der Waals surface area contributed by atoms with Gasteiger partial charge in [0.25, 0.3) is 0 Å². The van der Waals surface area contributed by atoms with E-state index in [-0.39, 0.29) is 0 Å². The van der Waals surface area contributed by atoms with E-state index in [4.69, 9.17) is 4.98 Å². The topological polar surface area (TPSA) is 58.4 Å². The van der Waals surface area contributed by atoms with Crippen LogP contribution in [0.3, 0.4) is 0 Å². The van der Waals surface area contributed by atoms with Crippen molar-refractivity contribution < 1.29 is 9.90 Å². The Bertz CT molecular complexity index is 746. The summed E-state index contributed by atoms with van der Waals surface area (Å²) >= 11 is 0. The zero-order valence-corrected chi connectivity index (χ0v) is 18.1.